The molecule has 0 aliphatic heterocycles. The summed E-state index contributed by atoms with van der Waals surface area (Å²) in [6.07, 6.45) is 3.37. The fourth-order valence-corrected chi connectivity index (χ4v) is 2.76. The van der Waals surface area contributed by atoms with E-state index in [1.807, 2.05) is 42.5 Å². The zero-order valence-corrected chi connectivity index (χ0v) is 14.9. The molecule has 4 nitrogen and oxygen atoms in total. The summed E-state index contributed by atoms with van der Waals surface area (Å²) in [7, 11) is 0. The number of hydrogen-bond donors (Lipinski definition) is 2. The van der Waals surface area contributed by atoms with E-state index < -0.39 is 0 Å². The molecule has 0 unspecified atom stereocenters. The Bertz CT molecular complexity index is 845. The first kappa shape index (κ1) is 17.7. The fourth-order valence-electron chi connectivity index (χ4n) is 2.76. The highest BCUT2D eigenvalue weighted by Gasteiger charge is 2.07. The number of carbonyl (C=O) groups is 1. The van der Waals surface area contributed by atoms with E-state index in [-0.39, 0.29) is 5.91 Å². The Morgan fingerprint density at radius 1 is 0.962 bits per heavy atom. The lowest BCUT2D eigenvalue weighted by Crippen LogP contribution is -2.25. The van der Waals surface area contributed by atoms with Crippen molar-refractivity contribution < 1.29 is 4.79 Å². The Hall–Kier alpha value is -3.14. The quantitative estimate of drug-likeness (QED) is 0.669. The van der Waals surface area contributed by atoms with E-state index in [1.54, 1.807) is 12.3 Å². The molecule has 1 heterocycles. The zero-order chi connectivity index (χ0) is 18.2. The molecule has 2 aromatic carbocycles. The average Bonchev–Trinajstić information content (AvgIpc) is 2.70. The minimum Gasteiger partial charge on any atom is -0.352 e. The molecular weight excluding hydrogens is 322 g/mol. The molecule has 0 atom stereocenters. The molecule has 3 aromatic rings. The van der Waals surface area contributed by atoms with Crippen molar-refractivity contribution in [1.82, 2.24) is 10.3 Å². The van der Waals surface area contributed by atoms with Gasteiger partial charge >= 0.3 is 0 Å². The maximum atomic E-state index is 12.2. The maximum absolute atomic E-state index is 12.2. The third-order valence-electron chi connectivity index (χ3n) is 4.23. The van der Waals surface area contributed by atoms with Crippen LogP contribution in [0.1, 0.15) is 28.4 Å². The average molecular weight is 345 g/mol. The first-order chi connectivity index (χ1) is 12.8. The largest absolute Gasteiger partial charge is 0.352 e. The van der Waals surface area contributed by atoms with E-state index in [0.29, 0.717) is 12.1 Å². The van der Waals surface area contributed by atoms with Crippen LogP contribution in [0.5, 0.6) is 0 Å². The van der Waals surface area contributed by atoms with Crippen LogP contribution in [-0.2, 0) is 12.8 Å². The number of rotatable bonds is 7. The summed E-state index contributed by atoms with van der Waals surface area (Å²) >= 11 is 0. The van der Waals surface area contributed by atoms with E-state index in [2.05, 4.69) is 40.7 Å². The van der Waals surface area contributed by atoms with Crippen LogP contribution in [0.4, 0.5) is 11.5 Å². The van der Waals surface area contributed by atoms with Crippen molar-refractivity contribution in [3.63, 3.8) is 0 Å². The number of carbonyl (C=O) groups excluding carboxylic acids is 1. The van der Waals surface area contributed by atoms with E-state index in [9.17, 15) is 4.79 Å². The lowest BCUT2D eigenvalue weighted by molar-refractivity contribution is 0.0954. The normalized spacial score (nSPS) is 10.3. The molecule has 0 bridgehead atoms. The minimum atomic E-state index is -0.103. The van der Waals surface area contributed by atoms with Gasteiger partial charge in [0, 0.05) is 18.4 Å². The summed E-state index contributed by atoms with van der Waals surface area (Å²) in [6.45, 7) is 2.73. The number of para-hydroxylation sites is 1. The number of aryl methyl sites for hydroxylation is 1. The second kappa shape index (κ2) is 8.81. The van der Waals surface area contributed by atoms with Gasteiger partial charge in [-0.25, -0.2) is 4.98 Å². The Labute approximate surface area is 154 Å². The molecule has 1 aromatic heterocycles. The number of pyridine rings is 1. The van der Waals surface area contributed by atoms with Gasteiger partial charge in [0.25, 0.3) is 5.91 Å². The number of hydrogen-bond acceptors (Lipinski definition) is 3. The summed E-state index contributed by atoms with van der Waals surface area (Å²) < 4.78 is 0. The predicted molar refractivity (Wildman–Crippen MR) is 106 cm³/mol. The Morgan fingerprint density at radius 3 is 2.46 bits per heavy atom. The van der Waals surface area contributed by atoms with Gasteiger partial charge in [-0.05, 0) is 42.2 Å². The van der Waals surface area contributed by atoms with Crippen LogP contribution in [-0.4, -0.2) is 17.4 Å². The molecule has 0 aliphatic rings. The van der Waals surface area contributed by atoms with Gasteiger partial charge < -0.3 is 10.6 Å². The van der Waals surface area contributed by atoms with E-state index in [1.165, 1.54) is 11.1 Å². The van der Waals surface area contributed by atoms with E-state index in [0.717, 1.165) is 24.3 Å². The summed E-state index contributed by atoms with van der Waals surface area (Å²) in [5.74, 6) is 0.626. The fraction of sp³-hybridized carbons (Fsp3) is 0.182. The van der Waals surface area contributed by atoms with Crippen LogP contribution >= 0.6 is 0 Å². The topological polar surface area (TPSA) is 54.0 Å². The first-order valence-corrected chi connectivity index (χ1v) is 8.89. The van der Waals surface area contributed by atoms with Crippen molar-refractivity contribution >= 4 is 17.4 Å². The molecule has 132 valence electrons. The Morgan fingerprint density at radius 2 is 1.73 bits per heavy atom. The molecule has 3 rings (SSSR count). The van der Waals surface area contributed by atoms with Crippen molar-refractivity contribution in [1.29, 1.82) is 0 Å². The van der Waals surface area contributed by atoms with Gasteiger partial charge in [0.15, 0.2) is 0 Å². The van der Waals surface area contributed by atoms with Crippen LogP contribution in [0.3, 0.4) is 0 Å². The van der Waals surface area contributed by atoms with Crippen molar-refractivity contribution in [2.45, 2.75) is 19.8 Å². The molecule has 26 heavy (non-hydrogen) atoms. The van der Waals surface area contributed by atoms with Gasteiger partial charge in [0.05, 0.1) is 5.56 Å². The van der Waals surface area contributed by atoms with E-state index in [4.69, 9.17) is 0 Å². The third kappa shape index (κ3) is 4.70. The summed E-state index contributed by atoms with van der Waals surface area (Å²) in [5, 5.41) is 6.25. The number of aromatic nitrogens is 1. The standard InChI is InChI=1S/C22H23N3O/c1-2-18-10-6-7-11-20(18)25-21-13-12-19(16-24-21)22(26)23-15-14-17-8-4-3-5-9-17/h3-13,16H,2,14-15H2,1H3,(H,23,26)(H,24,25). The molecular formula is C22H23N3O. The molecule has 0 saturated heterocycles. The minimum absolute atomic E-state index is 0.103. The molecule has 4 heteroatoms. The van der Waals surface area contributed by atoms with Crippen molar-refractivity contribution in [3.05, 3.63) is 89.6 Å². The van der Waals surface area contributed by atoms with Crippen molar-refractivity contribution in [3.8, 4) is 0 Å². The Kier molecular flexibility index (Phi) is 5.99. The smallest absolute Gasteiger partial charge is 0.252 e. The molecule has 0 aliphatic carbocycles. The van der Waals surface area contributed by atoms with E-state index >= 15 is 0 Å². The lowest BCUT2D eigenvalue weighted by atomic mass is 10.1. The van der Waals surface area contributed by atoms with Crippen molar-refractivity contribution in [2.24, 2.45) is 0 Å². The summed E-state index contributed by atoms with van der Waals surface area (Å²) in [4.78, 5) is 16.6. The molecule has 0 spiro atoms. The van der Waals surface area contributed by atoms with Gasteiger partial charge in [-0.3, -0.25) is 4.79 Å². The SMILES string of the molecule is CCc1ccccc1Nc1ccc(C(=O)NCCc2ccccc2)cn1. The van der Waals surface area contributed by atoms with Crippen molar-refractivity contribution in [2.75, 3.05) is 11.9 Å². The van der Waals surface area contributed by atoms with Gasteiger partial charge in [-0.2, -0.15) is 0 Å². The highest BCUT2D eigenvalue weighted by atomic mass is 16.1. The highest BCUT2D eigenvalue weighted by Crippen LogP contribution is 2.20. The van der Waals surface area contributed by atoms with Crippen LogP contribution < -0.4 is 10.6 Å². The maximum Gasteiger partial charge on any atom is 0.252 e. The highest BCUT2D eigenvalue weighted by molar-refractivity contribution is 5.94. The zero-order valence-electron chi connectivity index (χ0n) is 14.9. The number of benzene rings is 2. The first-order valence-electron chi connectivity index (χ1n) is 8.89. The lowest BCUT2D eigenvalue weighted by Gasteiger charge is -2.10. The van der Waals surface area contributed by atoms with Gasteiger partial charge in [-0.1, -0.05) is 55.5 Å². The van der Waals surface area contributed by atoms with Crippen LogP contribution in [0.2, 0.25) is 0 Å². The molecule has 1 amide bonds. The molecule has 0 saturated carbocycles. The van der Waals surface area contributed by atoms with Gasteiger partial charge in [0.2, 0.25) is 0 Å². The predicted octanol–water partition coefficient (Wildman–Crippen LogP) is 4.36. The number of amides is 1. The van der Waals surface area contributed by atoms with Crippen LogP contribution in [0.25, 0.3) is 0 Å². The third-order valence-corrected chi connectivity index (χ3v) is 4.23. The molecule has 0 radical (unpaired) electrons. The second-order valence-electron chi connectivity index (χ2n) is 6.06. The number of nitrogens with one attached hydrogen (secondary N) is 2. The van der Waals surface area contributed by atoms with Gasteiger partial charge in [0.1, 0.15) is 5.82 Å². The number of anilines is 2. The summed E-state index contributed by atoms with van der Waals surface area (Å²) in [5.41, 5.74) is 4.05. The molecule has 0 fully saturated rings. The van der Waals surface area contributed by atoms with Gasteiger partial charge in [-0.15, -0.1) is 0 Å². The Balaban J connectivity index is 1.56. The second-order valence-corrected chi connectivity index (χ2v) is 6.06. The van der Waals surface area contributed by atoms with Crippen LogP contribution in [0, 0.1) is 0 Å². The van der Waals surface area contributed by atoms with Crippen LogP contribution in [0.15, 0.2) is 72.9 Å². The number of nitrogens with zero attached hydrogens (tertiary/aromatic N) is 1. The monoisotopic (exact) mass is 345 g/mol. The summed E-state index contributed by atoms with van der Waals surface area (Å²) in [6, 6.07) is 21.9. The molecule has 2 N–H and O–H groups in total.